The summed E-state index contributed by atoms with van der Waals surface area (Å²) in [7, 11) is 0. The van der Waals surface area contributed by atoms with Crippen molar-refractivity contribution in [2.24, 2.45) is 0 Å². The highest BCUT2D eigenvalue weighted by Crippen LogP contribution is 2.50. The number of carbonyl (C=O) groups excluding carboxylic acids is 1. The van der Waals surface area contributed by atoms with E-state index in [9.17, 15) is 14.7 Å². The van der Waals surface area contributed by atoms with Gasteiger partial charge in [-0.15, -0.1) is 11.8 Å². The van der Waals surface area contributed by atoms with Gasteiger partial charge in [-0.2, -0.15) is 0 Å². The van der Waals surface area contributed by atoms with Crippen molar-refractivity contribution in [3.8, 4) is 0 Å². The molecule has 1 aliphatic carbocycles. The Kier molecular flexibility index (Phi) is 2.41. The molecular weight excluding hydrogens is 250 g/mol. The molecule has 2 N–H and O–H groups in total. The van der Waals surface area contributed by atoms with Gasteiger partial charge < -0.3 is 10.4 Å². The van der Waals surface area contributed by atoms with Gasteiger partial charge in [0.1, 0.15) is 0 Å². The highest BCUT2D eigenvalue weighted by Gasteiger charge is 2.52. The fraction of sp³-hybridized carbons (Fsp3) is 0.385. The molecule has 1 atom stereocenters. The summed E-state index contributed by atoms with van der Waals surface area (Å²) in [5.74, 6) is -0.750. The maximum atomic E-state index is 11.5. The van der Waals surface area contributed by atoms with Crippen molar-refractivity contribution < 1.29 is 14.7 Å². The molecule has 1 heterocycles. The van der Waals surface area contributed by atoms with E-state index in [1.54, 1.807) is 0 Å². The number of thioether (sulfide) groups is 1. The molecule has 1 unspecified atom stereocenters. The van der Waals surface area contributed by atoms with Crippen LogP contribution < -0.4 is 5.32 Å². The number of anilines is 1. The van der Waals surface area contributed by atoms with E-state index in [1.807, 2.05) is 25.1 Å². The lowest BCUT2D eigenvalue weighted by atomic mass is 9.96. The van der Waals surface area contributed by atoms with Crippen LogP contribution >= 0.6 is 11.8 Å². The number of nitrogens with one attached hydrogen (secondary N) is 1. The fourth-order valence-electron chi connectivity index (χ4n) is 2.25. The standard InChI is InChI=1S/C13H13NO3S/c1-7-11(15)14-9-3-2-8(6-10(9)18-7)13(4-5-13)12(16)17/h2-3,6-7H,4-5H2,1H3,(H,14,15)(H,16,17). The molecule has 2 aliphatic rings. The summed E-state index contributed by atoms with van der Waals surface area (Å²) in [6, 6.07) is 5.54. The highest BCUT2D eigenvalue weighted by atomic mass is 32.2. The summed E-state index contributed by atoms with van der Waals surface area (Å²) in [5, 5.41) is 12.0. The lowest BCUT2D eigenvalue weighted by molar-refractivity contribution is -0.140. The van der Waals surface area contributed by atoms with Gasteiger partial charge >= 0.3 is 5.97 Å². The predicted molar refractivity (Wildman–Crippen MR) is 68.9 cm³/mol. The predicted octanol–water partition coefficient (Wildman–Crippen LogP) is 2.24. The van der Waals surface area contributed by atoms with E-state index < -0.39 is 11.4 Å². The first-order valence-corrected chi connectivity index (χ1v) is 6.76. The second-order valence-electron chi connectivity index (χ2n) is 4.85. The molecule has 0 saturated heterocycles. The van der Waals surface area contributed by atoms with Crippen LogP contribution in [0.1, 0.15) is 25.3 Å². The van der Waals surface area contributed by atoms with E-state index in [1.165, 1.54) is 11.8 Å². The fourth-order valence-corrected chi connectivity index (χ4v) is 3.24. The summed E-state index contributed by atoms with van der Waals surface area (Å²) in [4.78, 5) is 23.8. The minimum absolute atomic E-state index is 0.000352. The van der Waals surface area contributed by atoms with Crippen LogP contribution in [0.15, 0.2) is 23.1 Å². The number of fused-ring (bicyclic) bond motifs is 1. The molecule has 3 rings (SSSR count). The van der Waals surface area contributed by atoms with Crippen LogP contribution in [0, 0.1) is 0 Å². The summed E-state index contributed by atoms with van der Waals surface area (Å²) >= 11 is 1.48. The molecule has 1 aliphatic heterocycles. The van der Waals surface area contributed by atoms with Gasteiger partial charge in [-0.1, -0.05) is 6.07 Å². The number of carboxylic acid groups (broad SMARTS) is 1. The minimum atomic E-state index is -0.750. The Hall–Kier alpha value is -1.49. The number of hydrogen-bond acceptors (Lipinski definition) is 3. The van der Waals surface area contributed by atoms with Crippen LogP contribution in [-0.4, -0.2) is 22.2 Å². The Morgan fingerprint density at radius 1 is 1.50 bits per heavy atom. The van der Waals surface area contributed by atoms with Gasteiger partial charge in [-0.3, -0.25) is 9.59 Å². The highest BCUT2D eigenvalue weighted by molar-refractivity contribution is 8.00. The van der Waals surface area contributed by atoms with E-state index in [0.29, 0.717) is 12.8 Å². The van der Waals surface area contributed by atoms with Crippen LogP contribution in [-0.2, 0) is 15.0 Å². The Labute approximate surface area is 109 Å². The van der Waals surface area contributed by atoms with Gasteiger partial charge in [0.2, 0.25) is 5.91 Å². The summed E-state index contributed by atoms with van der Waals surface area (Å²) in [5.41, 5.74) is 0.956. The van der Waals surface area contributed by atoms with Crippen molar-refractivity contribution in [2.75, 3.05) is 5.32 Å². The lowest BCUT2D eigenvalue weighted by Crippen LogP contribution is -2.27. The van der Waals surface area contributed by atoms with E-state index >= 15 is 0 Å². The van der Waals surface area contributed by atoms with E-state index in [4.69, 9.17) is 0 Å². The smallest absolute Gasteiger partial charge is 0.314 e. The SMILES string of the molecule is CC1Sc2cc(C3(C(=O)O)CC3)ccc2NC1=O. The number of carboxylic acids is 1. The van der Waals surface area contributed by atoms with E-state index in [-0.39, 0.29) is 11.2 Å². The third-order valence-corrected chi connectivity index (χ3v) is 4.78. The second-order valence-corrected chi connectivity index (χ2v) is 6.23. The quantitative estimate of drug-likeness (QED) is 0.858. The minimum Gasteiger partial charge on any atom is -0.481 e. The van der Waals surface area contributed by atoms with Crippen LogP contribution in [0.25, 0.3) is 0 Å². The van der Waals surface area contributed by atoms with Crippen molar-refractivity contribution in [1.29, 1.82) is 0 Å². The molecule has 4 nitrogen and oxygen atoms in total. The van der Waals surface area contributed by atoms with Gasteiger partial charge in [-0.25, -0.2) is 0 Å². The van der Waals surface area contributed by atoms with Crippen LogP contribution in [0.2, 0.25) is 0 Å². The first-order chi connectivity index (χ1) is 8.53. The molecule has 1 saturated carbocycles. The van der Waals surface area contributed by atoms with E-state index in [0.717, 1.165) is 16.1 Å². The molecule has 18 heavy (non-hydrogen) atoms. The molecule has 1 amide bonds. The Bertz CT molecular complexity index is 551. The average Bonchev–Trinajstić information content (AvgIpc) is 3.11. The lowest BCUT2D eigenvalue weighted by Gasteiger charge is -2.23. The van der Waals surface area contributed by atoms with Crippen molar-refractivity contribution in [3.63, 3.8) is 0 Å². The molecule has 0 bridgehead atoms. The number of aliphatic carboxylic acids is 1. The maximum absolute atomic E-state index is 11.5. The molecule has 0 spiro atoms. The summed E-state index contributed by atoms with van der Waals surface area (Å²) < 4.78 is 0. The third-order valence-electron chi connectivity index (χ3n) is 3.62. The first-order valence-electron chi connectivity index (χ1n) is 5.88. The van der Waals surface area contributed by atoms with Crippen LogP contribution in [0.5, 0.6) is 0 Å². The zero-order valence-corrected chi connectivity index (χ0v) is 10.7. The molecule has 94 valence electrons. The summed E-state index contributed by atoms with van der Waals surface area (Å²) in [6.07, 6.45) is 1.40. The Morgan fingerprint density at radius 3 is 2.83 bits per heavy atom. The molecular formula is C13H13NO3S. The zero-order chi connectivity index (χ0) is 12.9. The summed E-state index contributed by atoms with van der Waals surface area (Å²) in [6.45, 7) is 1.85. The monoisotopic (exact) mass is 263 g/mol. The van der Waals surface area contributed by atoms with Gasteiger partial charge in [0.25, 0.3) is 0 Å². The van der Waals surface area contributed by atoms with Gasteiger partial charge in [0, 0.05) is 4.90 Å². The Morgan fingerprint density at radius 2 is 2.22 bits per heavy atom. The molecule has 1 fully saturated rings. The number of rotatable bonds is 2. The van der Waals surface area contributed by atoms with Crippen molar-refractivity contribution >= 4 is 29.3 Å². The Balaban J connectivity index is 2.00. The molecule has 0 aromatic heterocycles. The van der Waals surface area contributed by atoms with Crippen LogP contribution in [0.3, 0.4) is 0 Å². The molecule has 1 aromatic carbocycles. The third kappa shape index (κ3) is 1.61. The van der Waals surface area contributed by atoms with E-state index in [2.05, 4.69) is 5.32 Å². The maximum Gasteiger partial charge on any atom is 0.314 e. The first kappa shape index (κ1) is 11.6. The molecule has 1 aromatic rings. The van der Waals surface area contributed by atoms with Crippen molar-refractivity contribution in [3.05, 3.63) is 23.8 Å². The number of benzene rings is 1. The molecule has 5 heteroatoms. The number of hydrogen-bond donors (Lipinski definition) is 2. The second kappa shape index (κ2) is 3.75. The van der Waals surface area contributed by atoms with Crippen molar-refractivity contribution in [1.82, 2.24) is 0 Å². The average molecular weight is 263 g/mol. The number of amides is 1. The normalized spacial score (nSPS) is 24.1. The van der Waals surface area contributed by atoms with Gasteiger partial charge in [0.15, 0.2) is 0 Å². The van der Waals surface area contributed by atoms with Crippen molar-refractivity contribution in [2.45, 2.75) is 35.3 Å². The topological polar surface area (TPSA) is 66.4 Å². The number of carbonyl (C=O) groups is 2. The van der Waals surface area contributed by atoms with Gasteiger partial charge in [-0.05, 0) is 37.5 Å². The van der Waals surface area contributed by atoms with Gasteiger partial charge in [0.05, 0.1) is 16.4 Å². The molecule has 0 radical (unpaired) electrons. The van der Waals surface area contributed by atoms with Crippen LogP contribution in [0.4, 0.5) is 5.69 Å². The zero-order valence-electron chi connectivity index (χ0n) is 9.90. The largest absolute Gasteiger partial charge is 0.481 e.